The van der Waals surface area contributed by atoms with E-state index in [4.69, 9.17) is 24.3 Å². The maximum atomic E-state index is 12.6. The van der Waals surface area contributed by atoms with Gasteiger partial charge in [0.2, 0.25) is 0 Å². The van der Waals surface area contributed by atoms with Gasteiger partial charge in [0.05, 0.1) is 13.2 Å². The Hall–Kier alpha value is -2.03. The molecule has 0 saturated heterocycles. The second-order valence-electron chi connectivity index (χ2n) is 15.6. The van der Waals surface area contributed by atoms with Crippen LogP contribution in [0.3, 0.4) is 0 Å². The average molecular weight is 838 g/mol. The van der Waals surface area contributed by atoms with Crippen molar-refractivity contribution >= 4 is 19.8 Å². The Bertz CT molecular complexity index is 1090. The lowest BCUT2D eigenvalue weighted by Crippen LogP contribution is -2.29. The van der Waals surface area contributed by atoms with E-state index in [1.54, 1.807) is 0 Å². The molecule has 58 heavy (non-hydrogen) atoms. The van der Waals surface area contributed by atoms with E-state index in [9.17, 15) is 19.0 Å². The van der Waals surface area contributed by atoms with Crippen molar-refractivity contribution in [3.05, 3.63) is 48.6 Å². The predicted molar refractivity (Wildman–Crippen MR) is 243 cm³/mol. The van der Waals surface area contributed by atoms with Gasteiger partial charge in [0.25, 0.3) is 0 Å². The summed E-state index contributed by atoms with van der Waals surface area (Å²) in [5, 5.41) is 0. The van der Waals surface area contributed by atoms with Crippen molar-refractivity contribution in [3.8, 4) is 0 Å². The number of esters is 2. The van der Waals surface area contributed by atoms with Gasteiger partial charge in [-0.2, -0.15) is 0 Å². The van der Waals surface area contributed by atoms with Crippen LogP contribution in [0.1, 0.15) is 213 Å². The molecule has 9 nitrogen and oxygen atoms in total. The molecule has 2 unspecified atom stereocenters. The van der Waals surface area contributed by atoms with Crippen molar-refractivity contribution < 1.29 is 37.6 Å². The molecule has 0 aliphatic rings. The number of phosphoric acid groups is 1. The first-order chi connectivity index (χ1) is 28.3. The number of nitrogens with two attached hydrogens (primary N) is 1. The normalized spacial score (nSPS) is 13.7. The SMILES string of the molecule is CC/C=C\C/C=C\C/C=C\C/C=C\CCCCCCCCCCCCCCCCCCC(=O)OC(COC(=O)CCCCCCCCCC)COP(=O)(O)OCCN. The summed E-state index contributed by atoms with van der Waals surface area (Å²) in [6.07, 6.45) is 51.8. The third-order valence-electron chi connectivity index (χ3n) is 9.98. The molecule has 0 radical (unpaired) electrons. The number of carbonyl (C=O) groups excluding carboxylic acids is 2. The molecule has 0 aromatic heterocycles. The smallest absolute Gasteiger partial charge is 0.462 e. The van der Waals surface area contributed by atoms with E-state index in [1.165, 1.54) is 116 Å². The Morgan fingerprint density at radius 3 is 1.41 bits per heavy atom. The number of hydrogen-bond acceptors (Lipinski definition) is 8. The molecule has 3 N–H and O–H groups in total. The highest BCUT2D eigenvalue weighted by molar-refractivity contribution is 7.47. The molecule has 0 saturated carbocycles. The van der Waals surface area contributed by atoms with Gasteiger partial charge in [-0.1, -0.05) is 197 Å². The van der Waals surface area contributed by atoms with Crippen molar-refractivity contribution in [2.24, 2.45) is 5.73 Å². The summed E-state index contributed by atoms with van der Waals surface area (Å²) >= 11 is 0. The number of phosphoric ester groups is 1. The summed E-state index contributed by atoms with van der Waals surface area (Å²) in [6, 6.07) is 0. The average Bonchev–Trinajstić information content (AvgIpc) is 3.21. The zero-order valence-electron chi connectivity index (χ0n) is 37.3. The van der Waals surface area contributed by atoms with Crippen molar-refractivity contribution in [1.29, 1.82) is 0 Å². The third-order valence-corrected chi connectivity index (χ3v) is 11.0. The van der Waals surface area contributed by atoms with E-state index in [2.05, 4.69) is 62.5 Å². The van der Waals surface area contributed by atoms with E-state index in [0.29, 0.717) is 6.42 Å². The fourth-order valence-electron chi connectivity index (χ4n) is 6.51. The van der Waals surface area contributed by atoms with Gasteiger partial charge < -0.3 is 20.1 Å². The van der Waals surface area contributed by atoms with Gasteiger partial charge in [0.1, 0.15) is 6.61 Å². The van der Waals surface area contributed by atoms with E-state index in [1.807, 2.05) is 0 Å². The third kappa shape index (κ3) is 43.5. The van der Waals surface area contributed by atoms with Crippen LogP contribution in [-0.2, 0) is 32.7 Å². The molecular formula is C48H88NO8P. The first-order valence-electron chi connectivity index (χ1n) is 23.6. The molecule has 0 rings (SSSR count). The van der Waals surface area contributed by atoms with Crippen molar-refractivity contribution in [2.45, 2.75) is 219 Å². The van der Waals surface area contributed by atoms with Crippen LogP contribution in [-0.4, -0.2) is 49.3 Å². The number of carbonyl (C=O) groups is 2. The van der Waals surface area contributed by atoms with Crippen LogP contribution in [0.2, 0.25) is 0 Å². The number of rotatable bonds is 44. The molecule has 0 aliphatic carbocycles. The summed E-state index contributed by atoms with van der Waals surface area (Å²) in [6.45, 7) is 3.60. The van der Waals surface area contributed by atoms with E-state index >= 15 is 0 Å². The molecule has 0 amide bonds. The van der Waals surface area contributed by atoms with Gasteiger partial charge >= 0.3 is 19.8 Å². The molecule has 0 spiro atoms. The van der Waals surface area contributed by atoms with E-state index < -0.39 is 26.5 Å². The summed E-state index contributed by atoms with van der Waals surface area (Å²) in [5.41, 5.74) is 5.34. The summed E-state index contributed by atoms with van der Waals surface area (Å²) in [5.74, 6) is -0.828. The van der Waals surface area contributed by atoms with Crippen LogP contribution >= 0.6 is 7.82 Å². The lowest BCUT2D eigenvalue weighted by atomic mass is 10.0. The Labute approximate surface area is 356 Å². The molecule has 0 fully saturated rings. The Kier molecular flexibility index (Phi) is 43.0. The van der Waals surface area contributed by atoms with Gasteiger partial charge in [-0.25, -0.2) is 4.57 Å². The molecule has 0 bridgehead atoms. The predicted octanol–water partition coefficient (Wildman–Crippen LogP) is 13.9. The maximum absolute atomic E-state index is 12.6. The lowest BCUT2D eigenvalue weighted by molar-refractivity contribution is -0.161. The van der Waals surface area contributed by atoms with Crippen molar-refractivity contribution in [2.75, 3.05) is 26.4 Å². The van der Waals surface area contributed by atoms with Crippen LogP contribution in [0.25, 0.3) is 0 Å². The molecule has 10 heteroatoms. The first kappa shape index (κ1) is 56.0. The molecule has 0 aromatic carbocycles. The van der Waals surface area contributed by atoms with Crippen LogP contribution in [0.5, 0.6) is 0 Å². The largest absolute Gasteiger partial charge is 0.472 e. The topological polar surface area (TPSA) is 134 Å². The van der Waals surface area contributed by atoms with Gasteiger partial charge in [0.15, 0.2) is 6.10 Å². The zero-order chi connectivity index (χ0) is 42.5. The van der Waals surface area contributed by atoms with Gasteiger partial charge in [0, 0.05) is 19.4 Å². The number of unbranched alkanes of at least 4 members (excludes halogenated alkanes) is 23. The minimum absolute atomic E-state index is 0.0541. The van der Waals surface area contributed by atoms with Crippen LogP contribution < -0.4 is 5.73 Å². The fourth-order valence-corrected chi connectivity index (χ4v) is 7.27. The summed E-state index contributed by atoms with van der Waals surface area (Å²) in [7, 11) is -4.37. The molecule has 0 heterocycles. The molecule has 0 aliphatic heterocycles. The molecular weight excluding hydrogens is 750 g/mol. The number of allylic oxidation sites excluding steroid dienone is 8. The fraction of sp³-hybridized carbons (Fsp3) is 0.792. The highest BCUT2D eigenvalue weighted by atomic mass is 31.2. The zero-order valence-corrected chi connectivity index (χ0v) is 38.2. The Morgan fingerprint density at radius 1 is 0.534 bits per heavy atom. The minimum Gasteiger partial charge on any atom is -0.462 e. The van der Waals surface area contributed by atoms with Crippen LogP contribution in [0.15, 0.2) is 48.6 Å². The highest BCUT2D eigenvalue weighted by Gasteiger charge is 2.26. The first-order valence-corrected chi connectivity index (χ1v) is 25.1. The molecule has 2 atom stereocenters. The van der Waals surface area contributed by atoms with Crippen molar-refractivity contribution in [3.63, 3.8) is 0 Å². The minimum atomic E-state index is -4.37. The second-order valence-corrected chi connectivity index (χ2v) is 17.1. The summed E-state index contributed by atoms with van der Waals surface area (Å²) in [4.78, 5) is 34.8. The van der Waals surface area contributed by atoms with E-state index in [0.717, 1.165) is 64.2 Å². The summed E-state index contributed by atoms with van der Waals surface area (Å²) < 4.78 is 32.7. The Balaban J connectivity index is 3.88. The standard InChI is InChI=1S/C48H88NO8P/c1-3-5-7-9-11-13-14-15-16-17-18-19-20-21-22-23-24-25-26-27-28-29-30-31-32-33-35-37-39-41-48(51)57-46(45-56-58(52,53)55-43-42-49)44-54-47(50)40-38-36-34-12-10-8-6-4-2/h5,7,11,13,15-16,18-19,46H,3-4,6,8-10,12,14,17,20-45,49H2,1-2H3,(H,52,53)/b7-5-,13-11-,16-15-,19-18-. The number of hydrogen-bond donors (Lipinski definition) is 2. The van der Waals surface area contributed by atoms with E-state index in [-0.39, 0.29) is 38.6 Å². The highest BCUT2D eigenvalue weighted by Crippen LogP contribution is 2.43. The monoisotopic (exact) mass is 838 g/mol. The second kappa shape index (κ2) is 44.5. The van der Waals surface area contributed by atoms with Crippen LogP contribution in [0.4, 0.5) is 0 Å². The molecule has 0 aromatic rings. The quantitative estimate of drug-likeness (QED) is 0.0266. The van der Waals surface area contributed by atoms with Gasteiger partial charge in [-0.05, 0) is 51.4 Å². The lowest BCUT2D eigenvalue weighted by Gasteiger charge is -2.19. The Morgan fingerprint density at radius 2 is 0.948 bits per heavy atom. The molecule has 338 valence electrons. The van der Waals surface area contributed by atoms with Crippen molar-refractivity contribution in [1.82, 2.24) is 0 Å². The van der Waals surface area contributed by atoms with Crippen LogP contribution in [0, 0.1) is 0 Å². The van der Waals surface area contributed by atoms with Gasteiger partial charge in [-0.3, -0.25) is 18.6 Å². The maximum Gasteiger partial charge on any atom is 0.472 e. The van der Waals surface area contributed by atoms with Gasteiger partial charge in [-0.15, -0.1) is 0 Å². The number of ether oxygens (including phenoxy) is 2.